The minimum absolute atomic E-state index is 0.756. The van der Waals surface area contributed by atoms with Crippen molar-refractivity contribution >= 4 is 0 Å². The molecule has 0 spiro atoms. The molecule has 0 aromatic heterocycles. The molecule has 1 aromatic rings. The summed E-state index contributed by atoms with van der Waals surface area (Å²) < 4.78 is 0. The van der Waals surface area contributed by atoms with Crippen LogP contribution in [0.25, 0.3) is 0 Å². The molecule has 1 heteroatoms. The smallest absolute Gasteiger partial charge is 0.0991 e. The van der Waals surface area contributed by atoms with Crippen LogP contribution in [0.4, 0.5) is 0 Å². The quantitative estimate of drug-likeness (QED) is 0.616. The largest absolute Gasteiger partial charge is 0.192 e. The first kappa shape index (κ1) is 12.8. The van der Waals surface area contributed by atoms with Gasteiger partial charge in [0, 0.05) is 0 Å². The predicted octanol–water partition coefficient (Wildman–Crippen LogP) is 4.46. The van der Waals surface area contributed by atoms with E-state index in [0.717, 1.165) is 12.0 Å². The van der Waals surface area contributed by atoms with Crippen LogP contribution in [0.1, 0.15) is 56.6 Å². The molecule has 0 unspecified atom stereocenters. The number of nitrogens with zero attached hydrogens (tertiary/aromatic N) is 1. The fourth-order valence-corrected chi connectivity index (χ4v) is 1.86. The Hall–Kier alpha value is -1.29. The van der Waals surface area contributed by atoms with E-state index in [1.54, 1.807) is 0 Å². The van der Waals surface area contributed by atoms with Gasteiger partial charge in [-0.05, 0) is 30.5 Å². The second-order valence-corrected chi connectivity index (χ2v) is 4.33. The first-order chi connectivity index (χ1) is 7.86. The Bertz CT molecular complexity index is 318. The van der Waals surface area contributed by atoms with Crippen LogP contribution in [0.3, 0.4) is 0 Å². The topological polar surface area (TPSA) is 23.8 Å². The average molecular weight is 215 g/mol. The summed E-state index contributed by atoms with van der Waals surface area (Å²) in [6, 6.07) is 10.1. The van der Waals surface area contributed by atoms with Gasteiger partial charge in [-0.15, -0.1) is 0 Å². The van der Waals surface area contributed by atoms with Crippen molar-refractivity contribution in [1.29, 1.82) is 5.26 Å². The van der Waals surface area contributed by atoms with Crippen molar-refractivity contribution in [1.82, 2.24) is 0 Å². The fraction of sp³-hybridized carbons (Fsp3) is 0.533. The van der Waals surface area contributed by atoms with Gasteiger partial charge in [0.05, 0.1) is 11.6 Å². The van der Waals surface area contributed by atoms with Gasteiger partial charge in [0.25, 0.3) is 0 Å². The van der Waals surface area contributed by atoms with Gasteiger partial charge >= 0.3 is 0 Å². The number of benzene rings is 1. The molecule has 0 fully saturated rings. The maximum Gasteiger partial charge on any atom is 0.0991 e. The van der Waals surface area contributed by atoms with Crippen molar-refractivity contribution in [2.75, 3.05) is 0 Å². The number of unbranched alkanes of at least 4 members (excludes halogenated alkanes) is 5. The molecule has 1 nitrogen and oxygen atoms in total. The Labute approximate surface area is 99.1 Å². The highest BCUT2D eigenvalue weighted by Gasteiger charge is 1.95. The molecule has 0 atom stereocenters. The summed E-state index contributed by atoms with van der Waals surface area (Å²) in [6.45, 7) is 2.25. The van der Waals surface area contributed by atoms with Crippen molar-refractivity contribution in [3.63, 3.8) is 0 Å². The molecule has 86 valence electrons. The van der Waals surface area contributed by atoms with Crippen LogP contribution in [-0.2, 0) is 6.42 Å². The maximum atomic E-state index is 8.68. The first-order valence-electron chi connectivity index (χ1n) is 6.36. The summed E-state index contributed by atoms with van der Waals surface area (Å²) in [4.78, 5) is 0. The number of aryl methyl sites for hydroxylation is 1. The Balaban J connectivity index is 2.15. The molecule has 0 saturated heterocycles. The van der Waals surface area contributed by atoms with Gasteiger partial charge in [0.1, 0.15) is 0 Å². The Kier molecular flexibility index (Phi) is 6.33. The monoisotopic (exact) mass is 215 g/mol. The third-order valence-corrected chi connectivity index (χ3v) is 2.90. The van der Waals surface area contributed by atoms with Crippen LogP contribution in [0, 0.1) is 11.3 Å². The SMILES string of the molecule is CCCCCCCCc1ccc(C#N)cc1. The fourth-order valence-electron chi connectivity index (χ4n) is 1.86. The summed E-state index contributed by atoms with van der Waals surface area (Å²) >= 11 is 0. The maximum absolute atomic E-state index is 8.68. The first-order valence-corrected chi connectivity index (χ1v) is 6.36. The highest BCUT2D eigenvalue weighted by atomic mass is 14.2. The number of rotatable bonds is 7. The Morgan fingerprint density at radius 2 is 1.56 bits per heavy atom. The van der Waals surface area contributed by atoms with Crippen molar-refractivity contribution in [3.05, 3.63) is 35.4 Å². The molecule has 1 rings (SSSR count). The van der Waals surface area contributed by atoms with Crippen LogP contribution >= 0.6 is 0 Å². The van der Waals surface area contributed by atoms with Crippen LogP contribution in [0.5, 0.6) is 0 Å². The molecule has 0 radical (unpaired) electrons. The van der Waals surface area contributed by atoms with Gasteiger partial charge < -0.3 is 0 Å². The predicted molar refractivity (Wildman–Crippen MR) is 68.2 cm³/mol. The molecular weight excluding hydrogens is 194 g/mol. The standard InChI is InChI=1S/C15H21N/c1-2-3-4-5-6-7-8-14-9-11-15(13-16)12-10-14/h9-12H,2-8H2,1H3. The van der Waals surface area contributed by atoms with Crippen molar-refractivity contribution < 1.29 is 0 Å². The highest BCUT2D eigenvalue weighted by molar-refractivity contribution is 5.31. The van der Waals surface area contributed by atoms with Gasteiger partial charge in [-0.3, -0.25) is 0 Å². The second-order valence-electron chi connectivity index (χ2n) is 4.33. The van der Waals surface area contributed by atoms with Crippen LogP contribution in [-0.4, -0.2) is 0 Å². The minimum atomic E-state index is 0.756. The zero-order valence-electron chi connectivity index (χ0n) is 10.2. The average Bonchev–Trinajstić information content (AvgIpc) is 2.34. The third-order valence-electron chi connectivity index (χ3n) is 2.90. The second kappa shape index (κ2) is 7.93. The van der Waals surface area contributed by atoms with E-state index < -0.39 is 0 Å². The summed E-state index contributed by atoms with van der Waals surface area (Å²) in [5, 5.41) is 8.68. The van der Waals surface area contributed by atoms with E-state index in [9.17, 15) is 0 Å². The summed E-state index contributed by atoms with van der Waals surface area (Å²) in [6.07, 6.45) is 9.19. The molecule has 0 bridgehead atoms. The summed E-state index contributed by atoms with van der Waals surface area (Å²) in [7, 11) is 0. The molecule has 1 aromatic carbocycles. The number of hydrogen-bond acceptors (Lipinski definition) is 1. The third kappa shape index (κ3) is 4.98. The molecule has 0 saturated carbocycles. The lowest BCUT2D eigenvalue weighted by Crippen LogP contribution is -1.86. The normalized spacial score (nSPS) is 10.0. The Morgan fingerprint density at radius 3 is 2.19 bits per heavy atom. The van der Waals surface area contributed by atoms with Crippen LogP contribution in [0.2, 0.25) is 0 Å². The van der Waals surface area contributed by atoms with Crippen LogP contribution < -0.4 is 0 Å². The molecule has 0 aliphatic rings. The molecular formula is C15H21N. The highest BCUT2D eigenvalue weighted by Crippen LogP contribution is 2.10. The van der Waals surface area contributed by atoms with Gasteiger partial charge in [-0.25, -0.2) is 0 Å². The molecule has 0 heterocycles. The minimum Gasteiger partial charge on any atom is -0.192 e. The van der Waals surface area contributed by atoms with E-state index in [2.05, 4.69) is 25.1 Å². The van der Waals surface area contributed by atoms with Gasteiger partial charge in [-0.1, -0.05) is 51.2 Å². The van der Waals surface area contributed by atoms with E-state index in [-0.39, 0.29) is 0 Å². The lowest BCUT2D eigenvalue weighted by atomic mass is 10.0. The van der Waals surface area contributed by atoms with E-state index in [0.29, 0.717) is 0 Å². The van der Waals surface area contributed by atoms with Crippen LogP contribution in [0.15, 0.2) is 24.3 Å². The molecule has 0 N–H and O–H groups in total. The summed E-state index contributed by atoms with van der Waals surface area (Å²) in [5.74, 6) is 0. The lowest BCUT2D eigenvalue weighted by Gasteiger charge is -2.01. The zero-order valence-corrected chi connectivity index (χ0v) is 10.2. The van der Waals surface area contributed by atoms with Gasteiger partial charge in [0.15, 0.2) is 0 Å². The Morgan fingerprint density at radius 1 is 0.938 bits per heavy atom. The van der Waals surface area contributed by atoms with E-state index in [4.69, 9.17) is 5.26 Å². The van der Waals surface area contributed by atoms with Gasteiger partial charge in [0.2, 0.25) is 0 Å². The van der Waals surface area contributed by atoms with Gasteiger partial charge in [-0.2, -0.15) is 5.26 Å². The number of hydrogen-bond donors (Lipinski definition) is 0. The molecule has 16 heavy (non-hydrogen) atoms. The van der Waals surface area contributed by atoms with E-state index in [1.165, 1.54) is 44.1 Å². The molecule has 0 aliphatic heterocycles. The zero-order chi connectivity index (χ0) is 11.6. The van der Waals surface area contributed by atoms with E-state index in [1.807, 2.05) is 12.1 Å². The molecule has 0 aliphatic carbocycles. The van der Waals surface area contributed by atoms with Crippen molar-refractivity contribution in [2.24, 2.45) is 0 Å². The van der Waals surface area contributed by atoms with Crippen molar-refractivity contribution in [3.8, 4) is 6.07 Å². The summed E-state index contributed by atoms with van der Waals surface area (Å²) in [5.41, 5.74) is 2.11. The number of nitriles is 1. The lowest BCUT2D eigenvalue weighted by molar-refractivity contribution is 0.607. The van der Waals surface area contributed by atoms with Crippen molar-refractivity contribution in [2.45, 2.75) is 51.9 Å². The van der Waals surface area contributed by atoms with E-state index >= 15 is 0 Å². The molecule has 0 amide bonds.